The predicted molar refractivity (Wildman–Crippen MR) is 79.7 cm³/mol. The van der Waals surface area contributed by atoms with E-state index in [2.05, 4.69) is 14.9 Å². The molecule has 1 saturated heterocycles. The lowest BCUT2D eigenvalue weighted by atomic mass is 10.0. The van der Waals surface area contributed by atoms with E-state index in [4.69, 9.17) is 0 Å². The van der Waals surface area contributed by atoms with Crippen molar-refractivity contribution in [3.8, 4) is 0 Å². The molecule has 2 atom stereocenters. The van der Waals surface area contributed by atoms with Crippen molar-refractivity contribution in [3.63, 3.8) is 0 Å². The summed E-state index contributed by atoms with van der Waals surface area (Å²) >= 11 is 2.60. The first kappa shape index (κ1) is 14.7. The monoisotopic (exact) mass is 338 g/mol. The van der Waals surface area contributed by atoms with Crippen molar-refractivity contribution in [2.75, 3.05) is 5.75 Å². The molecule has 2 aliphatic rings. The van der Waals surface area contributed by atoms with Crippen LogP contribution >= 0.6 is 23.3 Å². The minimum absolute atomic E-state index is 0.0443. The Morgan fingerprint density at radius 1 is 1.50 bits per heavy atom. The molecule has 0 spiro atoms. The molecule has 2 N–H and O–H groups in total. The molecule has 1 aromatic heterocycles. The number of hydrogen-bond donors (Lipinski definition) is 2. The molecular weight excluding hydrogens is 328 g/mol. The van der Waals surface area contributed by atoms with Gasteiger partial charge < -0.3 is 10.4 Å². The molecule has 3 rings (SSSR count). The van der Waals surface area contributed by atoms with Crippen LogP contribution in [0.15, 0.2) is 22.7 Å². The Labute approximate surface area is 133 Å². The Balaban J connectivity index is 1.90. The fourth-order valence-corrected chi connectivity index (χ4v) is 4.05. The van der Waals surface area contributed by atoms with Gasteiger partial charge in [0, 0.05) is 11.1 Å². The lowest BCUT2D eigenvalue weighted by Gasteiger charge is -2.48. The number of rotatable bonds is 5. The van der Waals surface area contributed by atoms with Crippen LogP contribution in [-0.2, 0) is 14.4 Å². The van der Waals surface area contributed by atoms with Crippen molar-refractivity contribution in [2.24, 2.45) is 0 Å². The standard InChI is InChI=1S/C12H10N4O4S2/c17-5-13-8-10(18)16-9(12(19)20)6(3-21-11(8)16)1-2-7-4-22-15-14-7/h1-2,4-5,8,11H,3H2,(H,13,17)(H,19,20)/t8?,11-/m0/s1. The number of carbonyl (C=O) groups excluding carboxylic acids is 2. The third-order valence-corrected chi connectivity index (χ3v) is 5.11. The number of amides is 2. The van der Waals surface area contributed by atoms with Gasteiger partial charge in [0.05, 0.1) is 5.69 Å². The second kappa shape index (κ2) is 5.89. The van der Waals surface area contributed by atoms with Gasteiger partial charge in [-0.2, -0.15) is 0 Å². The zero-order valence-electron chi connectivity index (χ0n) is 11.0. The maximum atomic E-state index is 12.0. The quantitative estimate of drug-likeness (QED) is 0.570. The predicted octanol–water partition coefficient (Wildman–Crippen LogP) is -0.0803. The lowest BCUT2D eigenvalue weighted by Crippen LogP contribution is -2.69. The third-order valence-electron chi connectivity index (χ3n) is 3.28. The average molecular weight is 338 g/mol. The molecule has 1 fully saturated rings. The van der Waals surface area contributed by atoms with E-state index in [-0.39, 0.29) is 11.1 Å². The number of aliphatic carboxylic acids is 1. The van der Waals surface area contributed by atoms with Crippen LogP contribution in [0, 0.1) is 0 Å². The zero-order chi connectivity index (χ0) is 15.7. The summed E-state index contributed by atoms with van der Waals surface area (Å²) < 4.78 is 3.72. The molecule has 0 bridgehead atoms. The zero-order valence-corrected chi connectivity index (χ0v) is 12.6. The van der Waals surface area contributed by atoms with Gasteiger partial charge in [-0.25, -0.2) is 4.79 Å². The Hall–Kier alpha value is -2.20. The van der Waals surface area contributed by atoms with Gasteiger partial charge in [-0.3, -0.25) is 14.5 Å². The van der Waals surface area contributed by atoms with Crippen molar-refractivity contribution in [1.82, 2.24) is 19.8 Å². The molecule has 2 amide bonds. The number of hydrogen-bond acceptors (Lipinski definition) is 7. The molecule has 8 nitrogen and oxygen atoms in total. The van der Waals surface area contributed by atoms with E-state index in [0.29, 0.717) is 23.4 Å². The highest BCUT2D eigenvalue weighted by Crippen LogP contribution is 2.40. The number of nitrogens with zero attached hydrogens (tertiary/aromatic N) is 3. The van der Waals surface area contributed by atoms with E-state index in [1.807, 2.05) is 0 Å². The number of fused-ring (bicyclic) bond motifs is 1. The van der Waals surface area contributed by atoms with Crippen molar-refractivity contribution in [1.29, 1.82) is 0 Å². The van der Waals surface area contributed by atoms with Crippen molar-refractivity contribution in [3.05, 3.63) is 28.4 Å². The minimum Gasteiger partial charge on any atom is -0.477 e. The van der Waals surface area contributed by atoms with Gasteiger partial charge in [-0.15, -0.1) is 16.9 Å². The van der Waals surface area contributed by atoms with Crippen molar-refractivity contribution >= 4 is 47.7 Å². The van der Waals surface area contributed by atoms with E-state index < -0.39 is 17.9 Å². The number of carboxylic acids is 1. The van der Waals surface area contributed by atoms with Crippen LogP contribution in [0.4, 0.5) is 0 Å². The molecular formula is C12H10N4O4S2. The molecule has 0 saturated carbocycles. The van der Waals surface area contributed by atoms with Gasteiger partial charge in [0.15, 0.2) is 0 Å². The first-order valence-corrected chi connectivity index (χ1v) is 8.08. The molecule has 10 heteroatoms. The van der Waals surface area contributed by atoms with Gasteiger partial charge >= 0.3 is 5.97 Å². The van der Waals surface area contributed by atoms with Gasteiger partial charge in [-0.05, 0) is 23.2 Å². The van der Waals surface area contributed by atoms with Crippen LogP contribution < -0.4 is 5.32 Å². The van der Waals surface area contributed by atoms with E-state index in [0.717, 1.165) is 0 Å². The fourth-order valence-electron chi connectivity index (χ4n) is 2.30. The maximum absolute atomic E-state index is 12.0. The molecule has 0 aliphatic carbocycles. The largest absolute Gasteiger partial charge is 0.477 e. The second-order valence-corrected chi connectivity index (χ2v) is 6.23. The number of aromatic nitrogens is 2. The number of carbonyl (C=O) groups is 3. The lowest BCUT2D eigenvalue weighted by molar-refractivity contribution is -0.149. The van der Waals surface area contributed by atoms with Gasteiger partial charge in [0.2, 0.25) is 6.41 Å². The topological polar surface area (TPSA) is 112 Å². The van der Waals surface area contributed by atoms with Crippen LogP contribution in [0.5, 0.6) is 0 Å². The normalized spacial score (nSPS) is 24.2. The Kier molecular flexibility index (Phi) is 3.94. The molecule has 0 aromatic carbocycles. The molecule has 0 radical (unpaired) electrons. The average Bonchev–Trinajstić information content (AvgIpc) is 3.02. The molecule has 3 heterocycles. The number of β-lactam (4-membered cyclic amide) rings is 1. The van der Waals surface area contributed by atoms with Crippen LogP contribution in [0.3, 0.4) is 0 Å². The Morgan fingerprint density at radius 2 is 2.32 bits per heavy atom. The summed E-state index contributed by atoms with van der Waals surface area (Å²) in [6, 6.07) is -0.662. The van der Waals surface area contributed by atoms with E-state index >= 15 is 0 Å². The number of nitrogens with one attached hydrogen (secondary N) is 1. The van der Waals surface area contributed by atoms with Gasteiger partial charge in [-0.1, -0.05) is 10.6 Å². The van der Waals surface area contributed by atoms with Crippen LogP contribution in [0.25, 0.3) is 6.08 Å². The summed E-state index contributed by atoms with van der Waals surface area (Å²) in [5.41, 5.74) is 1.11. The first-order valence-electron chi connectivity index (χ1n) is 6.19. The molecule has 114 valence electrons. The fraction of sp³-hybridized carbons (Fsp3) is 0.250. The van der Waals surface area contributed by atoms with Crippen LogP contribution in [0.1, 0.15) is 5.69 Å². The van der Waals surface area contributed by atoms with E-state index in [1.54, 1.807) is 17.5 Å². The maximum Gasteiger partial charge on any atom is 0.352 e. The third kappa shape index (κ3) is 2.40. The number of allylic oxidation sites excluding steroid dienone is 1. The summed E-state index contributed by atoms with van der Waals surface area (Å²) in [6.45, 7) is 0. The van der Waals surface area contributed by atoms with Gasteiger partial charge in [0.25, 0.3) is 5.91 Å². The summed E-state index contributed by atoms with van der Waals surface area (Å²) in [5.74, 6) is -1.15. The molecule has 1 unspecified atom stereocenters. The summed E-state index contributed by atoms with van der Waals surface area (Å²) in [5, 5.41) is 17.0. The van der Waals surface area contributed by atoms with E-state index in [9.17, 15) is 19.5 Å². The summed E-state index contributed by atoms with van der Waals surface area (Å²) in [4.78, 5) is 35.3. The summed E-state index contributed by atoms with van der Waals surface area (Å²) in [6.07, 6.45) is 3.75. The van der Waals surface area contributed by atoms with Gasteiger partial charge in [0.1, 0.15) is 17.1 Å². The Morgan fingerprint density at radius 3 is 2.95 bits per heavy atom. The second-order valence-electron chi connectivity index (χ2n) is 4.51. The van der Waals surface area contributed by atoms with Crippen LogP contribution in [0.2, 0.25) is 0 Å². The number of carboxylic acid groups (broad SMARTS) is 1. The first-order chi connectivity index (χ1) is 10.6. The Bertz CT molecular complexity index is 685. The summed E-state index contributed by atoms with van der Waals surface area (Å²) in [7, 11) is 0. The number of thioether (sulfide) groups is 1. The van der Waals surface area contributed by atoms with Crippen molar-refractivity contribution < 1.29 is 19.5 Å². The minimum atomic E-state index is -1.17. The van der Waals surface area contributed by atoms with Crippen LogP contribution in [-0.4, -0.2) is 55.0 Å². The van der Waals surface area contributed by atoms with Crippen molar-refractivity contribution in [2.45, 2.75) is 11.4 Å². The highest BCUT2D eigenvalue weighted by atomic mass is 32.2. The van der Waals surface area contributed by atoms with E-state index in [1.165, 1.54) is 28.2 Å². The SMILES string of the molecule is O=CNC1C(=O)N2C(C(=O)O)=C(C=Cc3csnn3)CS[C@@H]12. The highest BCUT2D eigenvalue weighted by molar-refractivity contribution is 8.00. The molecule has 22 heavy (non-hydrogen) atoms. The highest BCUT2D eigenvalue weighted by Gasteiger charge is 2.53. The molecule has 1 aromatic rings. The smallest absolute Gasteiger partial charge is 0.352 e. The molecule has 2 aliphatic heterocycles.